The zero-order valence-electron chi connectivity index (χ0n) is 19.9. The van der Waals surface area contributed by atoms with Crippen molar-refractivity contribution in [2.45, 2.75) is 37.8 Å². The van der Waals surface area contributed by atoms with Gasteiger partial charge in [0.15, 0.2) is 5.82 Å². The molecule has 2 aliphatic heterocycles. The van der Waals surface area contributed by atoms with Crippen LogP contribution in [-0.2, 0) is 10.9 Å². The topological polar surface area (TPSA) is 97.3 Å². The molecule has 2 aromatic heterocycles. The Labute approximate surface area is 216 Å². The highest BCUT2D eigenvalue weighted by molar-refractivity contribution is 7.23. The number of nitriles is 1. The molecule has 3 atom stereocenters. The summed E-state index contributed by atoms with van der Waals surface area (Å²) < 4.78 is 85.4. The number of thiophene rings is 1. The van der Waals surface area contributed by atoms with Crippen LogP contribution in [0.15, 0.2) is 18.2 Å². The first-order chi connectivity index (χ1) is 18.0. The fraction of sp³-hybridized carbons (Fsp3) is 0.320. The molecule has 6 rings (SSSR count). The number of methoxy groups -OCH3 is 1. The molecule has 2 aromatic carbocycles. The maximum absolute atomic E-state index is 16.4. The predicted octanol–water partition coefficient (Wildman–Crippen LogP) is 5.64. The van der Waals surface area contributed by atoms with Gasteiger partial charge in [0.1, 0.15) is 28.2 Å². The van der Waals surface area contributed by atoms with Crippen LogP contribution >= 0.6 is 11.3 Å². The Balaban J connectivity index is 1.71. The fourth-order valence-electron chi connectivity index (χ4n) is 5.50. The van der Waals surface area contributed by atoms with Gasteiger partial charge in [0, 0.05) is 22.9 Å². The van der Waals surface area contributed by atoms with Crippen molar-refractivity contribution >= 4 is 43.1 Å². The molecule has 13 heteroatoms. The minimum absolute atomic E-state index is 0.0877. The summed E-state index contributed by atoms with van der Waals surface area (Å²) in [6.07, 6.45) is -4.68. The van der Waals surface area contributed by atoms with Crippen molar-refractivity contribution in [2.75, 3.05) is 24.3 Å². The number of nitrogen functional groups attached to an aromatic ring is 1. The zero-order valence-corrected chi connectivity index (χ0v) is 20.7. The first-order valence-corrected chi connectivity index (χ1v) is 12.3. The highest BCUT2D eigenvalue weighted by Crippen LogP contribution is 2.48. The van der Waals surface area contributed by atoms with E-state index >= 15 is 4.39 Å². The summed E-state index contributed by atoms with van der Waals surface area (Å²) in [7, 11) is 1.27. The summed E-state index contributed by atoms with van der Waals surface area (Å²) in [4.78, 5) is 10.2. The van der Waals surface area contributed by atoms with Crippen LogP contribution in [-0.4, -0.2) is 41.9 Å². The van der Waals surface area contributed by atoms with E-state index < -0.39 is 34.5 Å². The number of aromatic nitrogens is 2. The number of nitrogens with zero attached hydrogens (tertiary/aromatic N) is 4. The Morgan fingerprint density at radius 3 is 2.66 bits per heavy atom. The second-order valence-corrected chi connectivity index (χ2v) is 10.3. The van der Waals surface area contributed by atoms with E-state index in [0.29, 0.717) is 24.3 Å². The van der Waals surface area contributed by atoms with Crippen LogP contribution in [0.25, 0.3) is 32.1 Å². The standard InChI is InChI=1S/C25H18F5N5O2S/c1-9-16-5-10(37-9)8-35(16)23-12-6-14(25(28,29)30)18(19(27)20(12)33-24(34-23)36-2)11-3-4-15(26)21-17(11)13(7-31)22(32)38-21/h3-4,6,9-10,16H,5,8,32H2,1-2H3. The van der Waals surface area contributed by atoms with E-state index in [1.165, 1.54) is 7.11 Å². The number of alkyl halides is 3. The van der Waals surface area contributed by atoms with E-state index in [1.54, 1.807) is 11.0 Å². The number of halogens is 5. The third kappa shape index (κ3) is 3.47. The monoisotopic (exact) mass is 547 g/mol. The molecule has 0 aliphatic carbocycles. The quantitative estimate of drug-likeness (QED) is 0.332. The lowest BCUT2D eigenvalue weighted by Crippen LogP contribution is -2.42. The molecule has 0 amide bonds. The minimum Gasteiger partial charge on any atom is -0.467 e. The van der Waals surface area contributed by atoms with Gasteiger partial charge in [0.05, 0.1) is 41.2 Å². The molecule has 2 aliphatic rings. The van der Waals surface area contributed by atoms with Crippen LogP contribution in [0.5, 0.6) is 6.01 Å². The number of anilines is 2. The van der Waals surface area contributed by atoms with Gasteiger partial charge in [-0.15, -0.1) is 11.3 Å². The smallest absolute Gasteiger partial charge is 0.417 e. The molecule has 4 aromatic rings. The Hall–Kier alpha value is -3.76. The summed E-state index contributed by atoms with van der Waals surface area (Å²) in [5, 5.41) is 9.19. The molecule has 7 nitrogen and oxygen atoms in total. The summed E-state index contributed by atoms with van der Waals surface area (Å²) in [5.74, 6) is -1.98. The van der Waals surface area contributed by atoms with E-state index in [-0.39, 0.29) is 61.7 Å². The second kappa shape index (κ2) is 8.37. The molecule has 0 saturated carbocycles. The third-order valence-electron chi connectivity index (χ3n) is 7.10. The lowest BCUT2D eigenvalue weighted by Gasteiger charge is -2.33. The van der Waals surface area contributed by atoms with Gasteiger partial charge in [-0.05, 0) is 31.0 Å². The fourth-order valence-corrected chi connectivity index (χ4v) is 6.45. The van der Waals surface area contributed by atoms with Gasteiger partial charge in [-0.1, -0.05) is 6.07 Å². The molecule has 38 heavy (non-hydrogen) atoms. The van der Waals surface area contributed by atoms with Crippen LogP contribution < -0.4 is 15.4 Å². The molecule has 2 N–H and O–H groups in total. The average Bonchev–Trinajstić information content (AvgIpc) is 3.55. The minimum atomic E-state index is -5.02. The Kier molecular flexibility index (Phi) is 5.41. The average molecular weight is 548 g/mol. The van der Waals surface area contributed by atoms with Crippen LogP contribution in [0, 0.1) is 23.0 Å². The maximum atomic E-state index is 16.4. The lowest BCUT2D eigenvalue weighted by atomic mass is 9.92. The number of hydrogen-bond donors (Lipinski definition) is 1. The maximum Gasteiger partial charge on any atom is 0.417 e. The van der Waals surface area contributed by atoms with Gasteiger partial charge >= 0.3 is 12.2 Å². The molecule has 2 saturated heterocycles. The number of morpholine rings is 1. The van der Waals surface area contributed by atoms with Gasteiger partial charge in [-0.2, -0.15) is 28.4 Å². The van der Waals surface area contributed by atoms with Crippen molar-refractivity contribution in [3.63, 3.8) is 0 Å². The highest BCUT2D eigenvalue weighted by Gasteiger charge is 2.46. The van der Waals surface area contributed by atoms with Gasteiger partial charge in [-0.3, -0.25) is 0 Å². The van der Waals surface area contributed by atoms with Crippen LogP contribution in [0.1, 0.15) is 24.5 Å². The van der Waals surface area contributed by atoms with E-state index in [1.807, 2.05) is 6.92 Å². The normalized spacial score (nSPS) is 21.0. The van der Waals surface area contributed by atoms with Gasteiger partial charge in [0.2, 0.25) is 0 Å². The SMILES string of the molecule is COc1nc(N2CC3CC2C(C)O3)c2cc(C(F)(F)F)c(-c3ccc(F)c4sc(N)c(C#N)c34)c(F)c2n1. The lowest BCUT2D eigenvalue weighted by molar-refractivity contribution is -0.137. The van der Waals surface area contributed by atoms with E-state index in [2.05, 4.69) is 9.97 Å². The number of nitrogens with two attached hydrogens (primary N) is 1. The first-order valence-electron chi connectivity index (χ1n) is 11.5. The summed E-state index contributed by atoms with van der Waals surface area (Å²) in [5.41, 5.74) is 2.74. The van der Waals surface area contributed by atoms with Crippen molar-refractivity contribution < 1.29 is 31.4 Å². The van der Waals surface area contributed by atoms with Crippen molar-refractivity contribution in [1.29, 1.82) is 5.26 Å². The molecule has 2 fully saturated rings. The molecule has 196 valence electrons. The number of fused-ring (bicyclic) bond motifs is 4. The number of rotatable bonds is 3. The molecule has 4 heterocycles. The van der Waals surface area contributed by atoms with Gasteiger partial charge in [-0.25, -0.2) is 8.78 Å². The van der Waals surface area contributed by atoms with Crippen molar-refractivity contribution in [2.24, 2.45) is 0 Å². The largest absolute Gasteiger partial charge is 0.467 e. The summed E-state index contributed by atoms with van der Waals surface area (Å²) in [6, 6.07) is 4.16. The number of benzene rings is 2. The van der Waals surface area contributed by atoms with Gasteiger partial charge < -0.3 is 20.1 Å². The second-order valence-electron chi connectivity index (χ2n) is 9.21. The molecular weight excluding hydrogens is 529 g/mol. The van der Waals surface area contributed by atoms with Crippen LogP contribution in [0.3, 0.4) is 0 Å². The van der Waals surface area contributed by atoms with E-state index in [9.17, 15) is 22.8 Å². The van der Waals surface area contributed by atoms with Crippen molar-refractivity contribution in [3.8, 4) is 23.2 Å². The predicted molar refractivity (Wildman–Crippen MR) is 131 cm³/mol. The van der Waals surface area contributed by atoms with E-state index in [4.69, 9.17) is 15.2 Å². The van der Waals surface area contributed by atoms with Crippen LogP contribution in [0.4, 0.5) is 32.8 Å². The number of hydrogen-bond acceptors (Lipinski definition) is 8. The Morgan fingerprint density at radius 2 is 2.03 bits per heavy atom. The Bertz CT molecular complexity index is 1680. The Morgan fingerprint density at radius 1 is 1.26 bits per heavy atom. The number of ether oxygens (including phenoxy) is 2. The van der Waals surface area contributed by atoms with E-state index in [0.717, 1.165) is 18.2 Å². The van der Waals surface area contributed by atoms with Crippen molar-refractivity contribution in [1.82, 2.24) is 9.97 Å². The molecule has 0 radical (unpaired) electrons. The molecule has 3 unspecified atom stereocenters. The highest BCUT2D eigenvalue weighted by atomic mass is 32.1. The summed E-state index contributed by atoms with van der Waals surface area (Å²) >= 11 is 0.706. The van der Waals surface area contributed by atoms with Crippen molar-refractivity contribution in [3.05, 3.63) is 41.0 Å². The van der Waals surface area contributed by atoms with Gasteiger partial charge in [0.25, 0.3) is 0 Å². The zero-order chi connectivity index (χ0) is 27.1. The molecule has 0 spiro atoms. The summed E-state index contributed by atoms with van der Waals surface area (Å²) in [6.45, 7) is 2.23. The molecular formula is C25H18F5N5O2S. The van der Waals surface area contributed by atoms with Crippen LogP contribution in [0.2, 0.25) is 0 Å². The first kappa shape index (κ1) is 24.6. The molecule has 2 bridgehead atoms. The third-order valence-corrected chi connectivity index (χ3v) is 8.13.